The predicted molar refractivity (Wildman–Crippen MR) is 77.4 cm³/mol. The van der Waals surface area contributed by atoms with E-state index in [9.17, 15) is 14.4 Å². The number of para-hydroxylation sites is 1. The van der Waals surface area contributed by atoms with E-state index >= 15 is 0 Å². The summed E-state index contributed by atoms with van der Waals surface area (Å²) in [5.74, 6) is -1.44. The summed E-state index contributed by atoms with van der Waals surface area (Å²) in [6, 6.07) is 5.01. The standard InChI is InChI=1S/C13H15N5O5/c1-23-12(21)9(7-19)15-11(20)6-14-13(22)18-10-5-3-2-4-8(10)16-17-18/h2-5,9,19H,6-7H2,1H3,(H,14,22)(H,15,20). The van der Waals surface area contributed by atoms with Gasteiger partial charge in [-0.1, -0.05) is 17.3 Å². The molecule has 0 saturated carbocycles. The molecular weight excluding hydrogens is 306 g/mol. The fourth-order valence-corrected chi connectivity index (χ4v) is 1.82. The van der Waals surface area contributed by atoms with Gasteiger partial charge in [-0.15, -0.1) is 5.10 Å². The summed E-state index contributed by atoms with van der Waals surface area (Å²) < 4.78 is 5.43. The Labute approximate surface area is 130 Å². The molecule has 2 aromatic rings. The number of aliphatic hydroxyl groups excluding tert-OH is 1. The Bertz CT molecular complexity index is 728. The van der Waals surface area contributed by atoms with E-state index in [1.807, 2.05) is 0 Å². The molecule has 23 heavy (non-hydrogen) atoms. The van der Waals surface area contributed by atoms with Crippen LogP contribution in [0.25, 0.3) is 11.0 Å². The van der Waals surface area contributed by atoms with E-state index in [4.69, 9.17) is 5.11 Å². The number of nitrogens with one attached hydrogen (secondary N) is 2. The zero-order valence-corrected chi connectivity index (χ0v) is 12.2. The largest absolute Gasteiger partial charge is 0.467 e. The van der Waals surface area contributed by atoms with E-state index in [0.717, 1.165) is 11.8 Å². The van der Waals surface area contributed by atoms with Crippen LogP contribution in [-0.4, -0.2) is 64.3 Å². The molecule has 1 unspecified atom stereocenters. The number of carbonyl (C=O) groups excluding carboxylic acids is 3. The van der Waals surface area contributed by atoms with Gasteiger partial charge in [0.1, 0.15) is 5.52 Å². The molecule has 3 N–H and O–H groups in total. The van der Waals surface area contributed by atoms with Crippen molar-refractivity contribution in [2.45, 2.75) is 6.04 Å². The molecule has 0 aliphatic rings. The molecule has 0 radical (unpaired) electrons. The Kier molecular flexibility index (Phi) is 5.20. The number of carbonyl (C=O) groups is 3. The molecule has 0 bridgehead atoms. The molecule has 1 aromatic heterocycles. The molecule has 1 aromatic carbocycles. The predicted octanol–water partition coefficient (Wildman–Crippen LogP) is -1.36. The van der Waals surface area contributed by atoms with Gasteiger partial charge in [-0.25, -0.2) is 9.59 Å². The Balaban J connectivity index is 1.94. The highest BCUT2D eigenvalue weighted by Crippen LogP contribution is 2.08. The number of ether oxygens (including phenoxy) is 1. The fourth-order valence-electron chi connectivity index (χ4n) is 1.82. The second-order valence-electron chi connectivity index (χ2n) is 4.47. The summed E-state index contributed by atoms with van der Waals surface area (Å²) in [6.07, 6.45) is 0. The molecule has 2 amide bonds. The normalized spacial score (nSPS) is 11.7. The number of hydrogen-bond acceptors (Lipinski definition) is 7. The number of hydrogen-bond donors (Lipinski definition) is 3. The maximum absolute atomic E-state index is 12.0. The van der Waals surface area contributed by atoms with Crippen LogP contribution in [0.15, 0.2) is 24.3 Å². The third-order valence-corrected chi connectivity index (χ3v) is 2.95. The first kappa shape index (κ1) is 16.4. The summed E-state index contributed by atoms with van der Waals surface area (Å²) in [6.45, 7) is -1.01. The average molecular weight is 321 g/mol. The summed E-state index contributed by atoms with van der Waals surface area (Å²) in [7, 11) is 1.13. The van der Waals surface area contributed by atoms with Crippen LogP contribution in [0.2, 0.25) is 0 Å². The Morgan fingerprint density at radius 3 is 2.78 bits per heavy atom. The van der Waals surface area contributed by atoms with Gasteiger partial charge in [0.25, 0.3) is 0 Å². The average Bonchev–Trinajstić information content (AvgIpc) is 3.01. The third-order valence-electron chi connectivity index (χ3n) is 2.95. The van der Waals surface area contributed by atoms with Crippen molar-refractivity contribution in [3.05, 3.63) is 24.3 Å². The molecule has 10 heteroatoms. The molecule has 1 atom stereocenters. The lowest BCUT2D eigenvalue weighted by Crippen LogP contribution is -2.48. The number of methoxy groups -OCH3 is 1. The number of amides is 2. The summed E-state index contributed by atoms with van der Waals surface area (Å²) in [5, 5.41) is 21.1. The third kappa shape index (κ3) is 3.80. The SMILES string of the molecule is COC(=O)C(CO)NC(=O)CNC(=O)n1nnc2ccccc21. The number of aromatic nitrogens is 3. The molecule has 1 heterocycles. The van der Waals surface area contributed by atoms with Crippen LogP contribution >= 0.6 is 0 Å². The van der Waals surface area contributed by atoms with Crippen LogP contribution in [0.1, 0.15) is 0 Å². The van der Waals surface area contributed by atoms with E-state index in [1.165, 1.54) is 0 Å². The van der Waals surface area contributed by atoms with E-state index in [0.29, 0.717) is 11.0 Å². The van der Waals surface area contributed by atoms with Crippen LogP contribution in [0, 0.1) is 0 Å². The molecule has 2 rings (SSSR count). The van der Waals surface area contributed by atoms with Gasteiger partial charge in [0.2, 0.25) is 5.91 Å². The van der Waals surface area contributed by atoms with Crippen molar-refractivity contribution in [3.8, 4) is 0 Å². The van der Waals surface area contributed by atoms with Gasteiger partial charge in [-0.2, -0.15) is 4.68 Å². The van der Waals surface area contributed by atoms with Crippen molar-refractivity contribution in [1.29, 1.82) is 0 Å². The van der Waals surface area contributed by atoms with Gasteiger partial charge in [0.15, 0.2) is 6.04 Å². The Morgan fingerprint density at radius 2 is 2.09 bits per heavy atom. The maximum atomic E-state index is 12.0. The van der Waals surface area contributed by atoms with Crippen LogP contribution in [-0.2, 0) is 14.3 Å². The summed E-state index contributed by atoms with van der Waals surface area (Å²) in [5.41, 5.74) is 1.03. The van der Waals surface area contributed by atoms with Gasteiger partial charge in [-0.3, -0.25) is 4.79 Å². The zero-order valence-electron chi connectivity index (χ0n) is 12.2. The summed E-state index contributed by atoms with van der Waals surface area (Å²) in [4.78, 5) is 34.9. The first-order chi connectivity index (χ1) is 11.1. The molecular formula is C13H15N5O5. The van der Waals surface area contributed by atoms with Gasteiger partial charge in [0.05, 0.1) is 25.8 Å². The van der Waals surface area contributed by atoms with Crippen LogP contribution < -0.4 is 10.6 Å². The lowest BCUT2D eigenvalue weighted by molar-refractivity contribution is -0.146. The van der Waals surface area contributed by atoms with Gasteiger partial charge in [-0.05, 0) is 12.1 Å². The minimum Gasteiger partial charge on any atom is -0.467 e. The van der Waals surface area contributed by atoms with Gasteiger partial charge < -0.3 is 20.5 Å². The van der Waals surface area contributed by atoms with Crippen molar-refractivity contribution in [2.24, 2.45) is 0 Å². The van der Waals surface area contributed by atoms with E-state index in [1.54, 1.807) is 24.3 Å². The molecule has 0 spiro atoms. The van der Waals surface area contributed by atoms with Gasteiger partial charge >= 0.3 is 12.0 Å². The van der Waals surface area contributed by atoms with Crippen LogP contribution in [0.4, 0.5) is 4.79 Å². The highest BCUT2D eigenvalue weighted by atomic mass is 16.5. The first-order valence-electron chi connectivity index (χ1n) is 6.63. The minimum atomic E-state index is -1.18. The van der Waals surface area contributed by atoms with Crippen LogP contribution in [0.5, 0.6) is 0 Å². The van der Waals surface area contributed by atoms with Gasteiger partial charge in [0, 0.05) is 0 Å². The number of rotatable bonds is 5. The minimum absolute atomic E-state index is 0.402. The molecule has 0 aliphatic carbocycles. The molecule has 0 saturated heterocycles. The van der Waals surface area contributed by atoms with E-state index in [-0.39, 0.29) is 0 Å². The highest BCUT2D eigenvalue weighted by Gasteiger charge is 2.21. The fraction of sp³-hybridized carbons (Fsp3) is 0.308. The number of benzene rings is 1. The second kappa shape index (κ2) is 7.31. The molecule has 0 aliphatic heterocycles. The van der Waals surface area contributed by atoms with Crippen molar-refractivity contribution in [1.82, 2.24) is 25.6 Å². The van der Waals surface area contributed by atoms with Crippen LogP contribution in [0.3, 0.4) is 0 Å². The number of fused-ring (bicyclic) bond motifs is 1. The number of esters is 1. The number of aliphatic hydroxyl groups is 1. The lowest BCUT2D eigenvalue weighted by atomic mass is 10.3. The number of nitrogens with zero attached hydrogens (tertiary/aromatic N) is 3. The lowest BCUT2D eigenvalue weighted by Gasteiger charge is -2.13. The molecule has 122 valence electrons. The zero-order chi connectivity index (χ0) is 16.8. The van der Waals surface area contributed by atoms with E-state index in [2.05, 4.69) is 25.7 Å². The second-order valence-corrected chi connectivity index (χ2v) is 4.47. The Morgan fingerprint density at radius 1 is 1.35 bits per heavy atom. The monoisotopic (exact) mass is 321 g/mol. The summed E-state index contributed by atoms with van der Waals surface area (Å²) >= 11 is 0. The van der Waals surface area contributed by atoms with Crippen molar-refractivity contribution < 1.29 is 24.2 Å². The molecule has 0 fully saturated rings. The molecule has 10 nitrogen and oxygen atoms in total. The quantitative estimate of drug-likeness (QED) is 0.579. The smallest absolute Gasteiger partial charge is 0.344 e. The van der Waals surface area contributed by atoms with E-state index < -0.39 is 37.1 Å². The Hall–Kier alpha value is -3.01. The topological polar surface area (TPSA) is 135 Å². The highest BCUT2D eigenvalue weighted by molar-refractivity contribution is 5.91. The maximum Gasteiger partial charge on any atom is 0.344 e. The van der Waals surface area contributed by atoms with Crippen molar-refractivity contribution in [3.63, 3.8) is 0 Å². The van der Waals surface area contributed by atoms with Crippen molar-refractivity contribution >= 4 is 28.9 Å². The first-order valence-corrected chi connectivity index (χ1v) is 6.63. The van der Waals surface area contributed by atoms with Crippen molar-refractivity contribution in [2.75, 3.05) is 20.3 Å².